The standard InChI is InChI=1S/C30H33N3O8/c1-12-15-10-11-16(13-6-8-14(9-7-13)32(2)3)23(34)18(15)24(35)19-17(12)25(36)21-22(33(4)5)26(37)20(29(31)40)28(39)30(21,41)27(19)38/h6-12,17,21-22,25,34-36,39,41H,1-5H3,(H2,31,40). The van der Waals surface area contributed by atoms with Crippen molar-refractivity contribution in [1.29, 1.82) is 0 Å². The Morgan fingerprint density at radius 3 is 2.12 bits per heavy atom. The maximum atomic E-state index is 14.1. The molecule has 3 aliphatic rings. The first-order chi connectivity index (χ1) is 19.2. The Bertz CT molecular complexity index is 1560. The molecule has 2 aromatic carbocycles. The highest BCUT2D eigenvalue weighted by Gasteiger charge is 2.68. The SMILES string of the molecule is CC1c2ccc(-c3ccc(N(C)C)cc3)c(O)c2C(O)=C2C(=O)C3(O)C(O)=C(C(N)=O)C(=O)C(N(C)C)C3C(O)C21. The van der Waals surface area contributed by atoms with E-state index < -0.39 is 75.6 Å². The van der Waals surface area contributed by atoms with Crippen molar-refractivity contribution in [2.24, 2.45) is 17.6 Å². The van der Waals surface area contributed by atoms with E-state index in [0.717, 1.165) is 5.69 Å². The number of aliphatic hydroxyl groups is 4. The molecular formula is C30H33N3O8. The van der Waals surface area contributed by atoms with Gasteiger partial charge in [0.25, 0.3) is 5.91 Å². The maximum Gasteiger partial charge on any atom is 0.255 e. The van der Waals surface area contributed by atoms with Crippen LogP contribution >= 0.6 is 0 Å². The van der Waals surface area contributed by atoms with Crippen LogP contribution in [0.5, 0.6) is 5.75 Å². The average Bonchev–Trinajstić information content (AvgIpc) is 2.90. The van der Waals surface area contributed by atoms with Crippen LogP contribution in [0.25, 0.3) is 16.9 Å². The quantitative estimate of drug-likeness (QED) is 0.296. The largest absolute Gasteiger partial charge is 0.508 e. The van der Waals surface area contributed by atoms with Crippen molar-refractivity contribution in [3.63, 3.8) is 0 Å². The fourth-order valence-corrected chi connectivity index (χ4v) is 6.79. The van der Waals surface area contributed by atoms with Crippen molar-refractivity contribution in [1.82, 2.24) is 4.90 Å². The molecule has 5 rings (SSSR count). The van der Waals surface area contributed by atoms with Crippen LogP contribution in [0.3, 0.4) is 0 Å². The molecule has 0 heterocycles. The first-order valence-corrected chi connectivity index (χ1v) is 13.1. The van der Waals surface area contributed by atoms with Crippen molar-refractivity contribution < 1.29 is 39.9 Å². The minimum Gasteiger partial charge on any atom is -0.508 e. The average molecular weight is 564 g/mol. The number of aromatic hydroxyl groups is 1. The number of Topliss-reactive ketones (excluding diaryl/α,β-unsaturated/α-hetero) is 2. The third kappa shape index (κ3) is 3.73. The lowest BCUT2D eigenvalue weighted by molar-refractivity contribution is -0.169. The molecule has 3 aliphatic carbocycles. The molecule has 216 valence electrons. The van der Waals surface area contributed by atoms with Gasteiger partial charge >= 0.3 is 0 Å². The van der Waals surface area contributed by atoms with Gasteiger partial charge in [0.1, 0.15) is 22.8 Å². The highest BCUT2D eigenvalue weighted by Crippen LogP contribution is 2.56. The summed E-state index contributed by atoms with van der Waals surface area (Å²) in [7, 11) is 6.72. The Balaban J connectivity index is 1.74. The molecule has 0 aliphatic heterocycles. The van der Waals surface area contributed by atoms with Crippen LogP contribution in [-0.2, 0) is 14.4 Å². The van der Waals surface area contributed by atoms with Gasteiger partial charge in [-0.2, -0.15) is 0 Å². The lowest BCUT2D eigenvalue weighted by Crippen LogP contribution is -2.70. The molecule has 0 bridgehead atoms. The number of nitrogens with zero attached hydrogens (tertiary/aromatic N) is 2. The van der Waals surface area contributed by atoms with Crippen LogP contribution in [0, 0.1) is 11.8 Å². The van der Waals surface area contributed by atoms with Crippen molar-refractivity contribution in [3.8, 4) is 16.9 Å². The molecule has 6 unspecified atom stereocenters. The second-order valence-electron chi connectivity index (χ2n) is 11.4. The van der Waals surface area contributed by atoms with E-state index in [2.05, 4.69) is 0 Å². The van der Waals surface area contributed by atoms with Gasteiger partial charge in [-0.1, -0.05) is 31.2 Å². The minimum atomic E-state index is -2.95. The number of nitrogens with two attached hydrogens (primary N) is 1. The normalized spacial score (nSPS) is 29.3. The number of fused-ring (bicyclic) bond motifs is 3. The van der Waals surface area contributed by atoms with Gasteiger partial charge in [-0.05, 0) is 43.3 Å². The van der Waals surface area contributed by atoms with E-state index in [-0.39, 0.29) is 11.3 Å². The van der Waals surface area contributed by atoms with Gasteiger partial charge in [-0.25, -0.2) is 0 Å². The van der Waals surface area contributed by atoms with Crippen molar-refractivity contribution in [2.75, 3.05) is 33.1 Å². The van der Waals surface area contributed by atoms with E-state index in [4.69, 9.17) is 5.73 Å². The number of amides is 1. The number of rotatable bonds is 4. The maximum absolute atomic E-state index is 14.1. The zero-order chi connectivity index (χ0) is 30.3. The second kappa shape index (κ2) is 9.44. The molecule has 1 fully saturated rings. The summed E-state index contributed by atoms with van der Waals surface area (Å²) in [5.74, 6) is -9.09. The van der Waals surface area contributed by atoms with E-state index in [1.807, 2.05) is 31.1 Å². The van der Waals surface area contributed by atoms with E-state index in [0.29, 0.717) is 16.7 Å². The number of likely N-dealkylation sites (N-methyl/N-ethyl adjacent to an activating group) is 1. The Labute approximate surface area is 236 Å². The van der Waals surface area contributed by atoms with Gasteiger partial charge in [-0.15, -0.1) is 0 Å². The fourth-order valence-electron chi connectivity index (χ4n) is 6.79. The zero-order valence-electron chi connectivity index (χ0n) is 23.3. The number of aliphatic hydroxyl groups excluding tert-OH is 3. The van der Waals surface area contributed by atoms with Crippen LogP contribution in [0.2, 0.25) is 0 Å². The van der Waals surface area contributed by atoms with Gasteiger partial charge < -0.3 is 36.2 Å². The Morgan fingerprint density at radius 2 is 1.59 bits per heavy atom. The molecule has 2 aromatic rings. The number of ketones is 2. The second-order valence-corrected chi connectivity index (χ2v) is 11.4. The number of carbonyl (C=O) groups excluding carboxylic acids is 3. The summed E-state index contributed by atoms with van der Waals surface area (Å²) in [4.78, 5) is 42.8. The number of hydrogen-bond donors (Lipinski definition) is 6. The monoisotopic (exact) mass is 563 g/mol. The Morgan fingerprint density at radius 1 is 0.976 bits per heavy atom. The molecule has 6 atom stereocenters. The van der Waals surface area contributed by atoms with E-state index in [9.17, 15) is 39.9 Å². The lowest BCUT2D eigenvalue weighted by Gasteiger charge is -2.53. The van der Waals surface area contributed by atoms with Crippen LogP contribution in [0.15, 0.2) is 53.3 Å². The molecule has 0 spiro atoms. The smallest absolute Gasteiger partial charge is 0.255 e. The molecule has 41 heavy (non-hydrogen) atoms. The topological polar surface area (TPSA) is 185 Å². The summed E-state index contributed by atoms with van der Waals surface area (Å²) >= 11 is 0. The predicted octanol–water partition coefficient (Wildman–Crippen LogP) is 1.23. The first kappa shape index (κ1) is 28.3. The fraction of sp³-hybridized carbons (Fsp3) is 0.367. The summed E-state index contributed by atoms with van der Waals surface area (Å²) in [6.45, 7) is 1.70. The van der Waals surface area contributed by atoms with Gasteiger partial charge in [-0.3, -0.25) is 19.3 Å². The van der Waals surface area contributed by atoms with E-state index in [1.165, 1.54) is 19.0 Å². The summed E-state index contributed by atoms with van der Waals surface area (Å²) in [6, 6.07) is 9.30. The summed E-state index contributed by atoms with van der Waals surface area (Å²) < 4.78 is 0. The first-order valence-electron chi connectivity index (χ1n) is 13.1. The molecular weight excluding hydrogens is 530 g/mol. The number of benzene rings is 2. The third-order valence-electron chi connectivity index (χ3n) is 8.82. The molecule has 11 nitrogen and oxygen atoms in total. The predicted molar refractivity (Wildman–Crippen MR) is 150 cm³/mol. The minimum absolute atomic E-state index is 0.0461. The molecule has 7 N–H and O–H groups in total. The number of phenolic OH excluding ortho intramolecular Hbond substituents is 1. The van der Waals surface area contributed by atoms with Gasteiger partial charge in [0.15, 0.2) is 11.4 Å². The number of hydrogen-bond acceptors (Lipinski definition) is 10. The van der Waals surface area contributed by atoms with Crippen molar-refractivity contribution >= 4 is 28.9 Å². The summed E-state index contributed by atoms with van der Waals surface area (Å²) in [5.41, 5.74) is 3.39. The van der Waals surface area contributed by atoms with Crippen LogP contribution < -0.4 is 10.6 Å². The Kier molecular flexibility index (Phi) is 6.52. The van der Waals surface area contributed by atoms with Gasteiger partial charge in [0.05, 0.1) is 23.6 Å². The van der Waals surface area contributed by atoms with E-state index in [1.54, 1.807) is 31.2 Å². The molecule has 0 saturated heterocycles. The molecule has 1 amide bonds. The molecule has 0 aromatic heterocycles. The molecule has 0 radical (unpaired) electrons. The van der Waals surface area contributed by atoms with Gasteiger partial charge in [0, 0.05) is 36.8 Å². The van der Waals surface area contributed by atoms with Crippen LogP contribution in [0.1, 0.15) is 24.0 Å². The number of carbonyl (C=O) groups is 3. The van der Waals surface area contributed by atoms with Crippen molar-refractivity contribution in [2.45, 2.75) is 30.6 Å². The number of anilines is 1. The Hall–Kier alpha value is -4.19. The summed E-state index contributed by atoms with van der Waals surface area (Å²) in [5, 5.41) is 57.4. The molecule has 11 heteroatoms. The lowest BCUT2D eigenvalue weighted by atomic mass is 9.54. The summed E-state index contributed by atoms with van der Waals surface area (Å²) in [6.07, 6.45) is -1.63. The zero-order valence-corrected chi connectivity index (χ0v) is 23.3. The van der Waals surface area contributed by atoms with Crippen LogP contribution in [-0.4, -0.2) is 93.8 Å². The van der Waals surface area contributed by atoms with Crippen molar-refractivity contribution in [3.05, 3.63) is 64.4 Å². The number of primary amides is 1. The van der Waals surface area contributed by atoms with Crippen LogP contribution in [0.4, 0.5) is 5.69 Å². The highest BCUT2D eigenvalue weighted by molar-refractivity contribution is 6.24. The molecule has 1 saturated carbocycles. The van der Waals surface area contributed by atoms with E-state index >= 15 is 0 Å². The van der Waals surface area contributed by atoms with Gasteiger partial charge in [0.2, 0.25) is 5.78 Å². The third-order valence-corrected chi connectivity index (χ3v) is 8.82. The highest BCUT2D eigenvalue weighted by atomic mass is 16.4. The number of phenols is 1.